The lowest BCUT2D eigenvalue weighted by atomic mass is 10.2. The Balaban J connectivity index is 1.60. The molecule has 0 bridgehead atoms. The van der Waals surface area contributed by atoms with Crippen molar-refractivity contribution < 1.29 is 29.3 Å². The van der Waals surface area contributed by atoms with Crippen molar-refractivity contribution in [1.82, 2.24) is 0 Å². The SMILES string of the molecule is COc1cc(/C=C/C(=O)Nc2cccc(NC(=O)/C=C/c3ccc(O)c(OC)c3)c2)ccc1O. The van der Waals surface area contributed by atoms with Crippen LogP contribution in [-0.2, 0) is 9.59 Å². The molecule has 3 aromatic carbocycles. The Bertz CT molecular complexity index is 1160. The highest BCUT2D eigenvalue weighted by atomic mass is 16.5. The molecule has 8 heteroatoms. The average molecular weight is 460 g/mol. The fourth-order valence-corrected chi connectivity index (χ4v) is 2.98. The van der Waals surface area contributed by atoms with Gasteiger partial charge in [-0.25, -0.2) is 0 Å². The standard InChI is InChI=1S/C26H24N2O6/c1-33-23-14-17(6-10-21(23)29)8-12-25(31)27-19-4-3-5-20(16-19)28-26(32)13-9-18-7-11-22(30)24(15-18)34-2/h3-16,29-30H,1-2H3,(H,27,31)(H,28,32)/b12-8+,13-9+. The third kappa shape index (κ3) is 6.64. The summed E-state index contributed by atoms with van der Waals surface area (Å²) in [7, 11) is 2.89. The zero-order valence-electron chi connectivity index (χ0n) is 18.6. The zero-order valence-corrected chi connectivity index (χ0v) is 18.6. The number of benzene rings is 3. The monoisotopic (exact) mass is 460 g/mol. The van der Waals surface area contributed by atoms with E-state index in [1.54, 1.807) is 60.7 Å². The number of methoxy groups -OCH3 is 2. The summed E-state index contributed by atoms with van der Waals surface area (Å²) in [5.74, 6) is -0.0798. The van der Waals surface area contributed by atoms with E-state index in [1.165, 1.54) is 38.5 Å². The minimum atomic E-state index is -0.364. The van der Waals surface area contributed by atoms with Crippen LogP contribution in [0.1, 0.15) is 11.1 Å². The Labute approximate surface area is 196 Å². The van der Waals surface area contributed by atoms with E-state index in [2.05, 4.69) is 10.6 Å². The summed E-state index contributed by atoms with van der Waals surface area (Å²) in [6.45, 7) is 0. The Morgan fingerprint density at radius 3 is 1.56 bits per heavy atom. The molecule has 0 aliphatic rings. The van der Waals surface area contributed by atoms with Crippen molar-refractivity contribution in [2.24, 2.45) is 0 Å². The van der Waals surface area contributed by atoms with E-state index in [9.17, 15) is 19.8 Å². The van der Waals surface area contributed by atoms with Crippen LogP contribution in [0.4, 0.5) is 11.4 Å². The van der Waals surface area contributed by atoms with Crippen LogP contribution in [0.15, 0.2) is 72.8 Å². The van der Waals surface area contributed by atoms with E-state index < -0.39 is 0 Å². The molecule has 0 fully saturated rings. The molecule has 0 atom stereocenters. The third-order valence-corrected chi connectivity index (χ3v) is 4.66. The van der Waals surface area contributed by atoms with Crippen molar-refractivity contribution in [3.05, 3.63) is 83.9 Å². The fourth-order valence-electron chi connectivity index (χ4n) is 2.98. The molecule has 0 spiro atoms. The van der Waals surface area contributed by atoms with Crippen molar-refractivity contribution in [1.29, 1.82) is 0 Å². The van der Waals surface area contributed by atoms with Gasteiger partial charge in [0.2, 0.25) is 11.8 Å². The number of phenols is 2. The largest absolute Gasteiger partial charge is 0.504 e. The lowest BCUT2D eigenvalue weighted by molar-refractivity contribution is -0.112. The molecule has 8 nitrogen and oxygen atoms in total. The second kappa shape index (κ2) is 11.2. The van der Waals surface area contributed by atoms with Crippen LogP contribution >= 0.6 is 0 Å². The molecule has 0 aromatic heterocycles. The van der Waals surface area contributed by atoms with Gasteiger partial charge in [-0.05, 0) is 65.7 Å². The molecule has 4 N–H and O–H groups in total. The number of aromatic hydroxyl groups is 2. The highest BCUT2D eigenvalue weighted by molar-refractivity contribution is 6.04. The molecule has 0 saturated carbocycles. The van der Waals surface area contributed by atoms with Gasteiger partial charge >= 0.3 is 0 Å². The number of carbonyl (C=O) groups is 2. The van der Waals surface area contributed by atoms with Gasteiger partial charge in [0.15, 0.2) is 23.0 Å². The molecule has 3 aromatic rings. The van der Waals surface area contributed by atoms with E-state index in [0.717, 1.165) is 0 Å². The number of hydrogen-bond acceptors (Lipinski definition) is 6. The van der Waals surface area contributed by atoms with Gasteiger partial charge in [0.05, 0.1) is 14.2 Å². The molecule has 34 heavy (non-hydrogen) atoms. The molecule has 3 rings (SSSR count). The second-order valence-corrected chi connectivity index (χ2v) is 7.09. The maximum absolute atomic E-state index is 12.3. The number of rotatable bonds is 8. The summed E-state index contributed by atoms with van der Waals surface area (Å²) in [6, 6.07) is 16.2. The lowest BCUT2D eigenvalue weighted by Gasteiger charge is -2.07. The van der Waals surface area contributed by atoms with Crippen LogP contribution in [0, 0.1) is 0 Å². The van der Waals surface area contributed by atoms with E-state index in [1.807, 2.05) is 0 Å². The molecular weight excluding hydrogens is 436 g/mol. The summed E-state index contributed by atoms with van der Waals surface area (Å²) in [6.07, 6.45) is 5.88. The number of nitrogens with one attached hydrogen (secondary N) is 2. The number of anilines is 2. The molecule has 0 radical (unpaired) electrons. The number of hydrogen-bond donors (Lipinski definition) is 4. The maximum Gasteiger partial charge on any atom is 0.248 e. The van der Waals surface area contributed by atoms with E-state index in [0.29, 0.717) is 34.0 Å². The summed E-state index contributed by atoms with van der Waals surface area (Å²) < 4.78 is 10.1. The van der Waals surface area contributed by atoms with Crippen LogP contribution in [0.3, 0.4) is 0 Å². The van der Waals surface area contributed by atoms with Crippen LogP contribution in [0.2, 0.25) is 0 Å². The fraction of sp³-hybridized carbons (Fsp3) is 0.0769. The van der Waals surface area contributed by atoms with Crippen molar-refractivity contribution >= 4 is 35.3 Å². The van der Waals surface area contributed by atoms with Gasteiger partial charge in [-0.15, -0.1) is 0 Å². The van der Waals surface area contributed by atoms with E-state index >= 15 is 0 Å². The van der Waals surface area contributed by atoms with Gasteiger partial charge in [0.1, 0.15) is 0 Å². The number of ether oxygens (including phenoxy) is 2. The highest BCUT2D eigenvalue weighted by Gasteiger charge is 2.05. The quantitative estimate of drug-likeness (QED) is 0.370. The minimum Gasteiger partial charge on any atom is -0.504 e. The predicted molar refractivity (Wildman–Crippen MR) is 131 cm³/mol. The molecule has 2 amide bonds. The zero-order chi connectivity index (χ0) is 24.5. The first kappa shape index (κ1) is 23.9. The molecule has 0 saturated heterocycles. The van der Waals surface area contributed by atoms with E-state index in [4.69, 9.17) is 9.47 Å². The van der Waals surface area contributed by atoms with Crippen molar-refractivity contribution in [2.75, 3.05) is 24.9 Å². The van der Waals surface area contributed by atoms with Gasteiger partial charge in [-0.1, -0.05) is 18.2 Å². The Hall–Kier alpha value is -4.72. The highest BCUT2D eigenvalue weighted by Crippen LogP contribution is 2.27. The second-order valence-electron chi connectivity index (χ2n) is 7.09. The molecule has 0 heterocycles. The van der Waals surface area contributed by atoms with Crippen molar-refractivity contribution in [2.45, 2.75) is 0 Å². The number of amides is 2. The van der Waals surface area contributed by atoms with Crippen LogP contribution in [-0.4, -0.2) is 36.2 Å². The first-order valence-corrected chi connectivity index (χ1v) is 10.2. The van der Waals surface area contributed by atoms with Gasteiger partial charge in [-0.3, -0.25) is 9.59 Å². The smallest absolute Gasteiger partial charge is 0.248 e. The Morgan fingerprint density at radius 2 is 1.15 bits per heavy atom. The Morgan fingerprint density at radius 1 is 0.706 bits per heavy atom. The van der Waals surface area contributed by atoms with Gasteiger partial charge in [-0.2, -0.15) is 0 Å². The predicted octanol–water partition coefficient (Wildman–Crippen LogP) is 4.42. The van der Waals surface area contributed by atoms with Gasteiger partial charge in [0, 0.05) is 23.5 Å². The first-order chi connectivity index (χ1) is 16.4. The summed E-state index contributed by atoms with van der Waals surface area (Å²) in [4.78, 5) is 24.5. The van der Waals surface area contributed by atoms with Crippen LogP contribution < -0.4 is 20.1 Å². The molecule has 0 unspecified atom stereocenters. The molecular formula is C26H24N2O6. The summed E-state index contributed by atoms with van der Waals surface area (Å²) in [5.41, 5.74) is 2.37. The van der Waals surface area contributed by atoms with Gasteiger partial charge < -0.3 is 30.3 Å². The lowest BCUT2D eigenvalue weighted by Crippen LogP contribution is -2.10. The van der Waals surface area contributed by atoms with Crippen molar-refractivity contribution in [3.8, 4) is 23.0 Å². The number of phenolic OH excluding ortho intramolecular Hbond substituents is 2. The summed E-state index contributed by atoms with van der Waals surface area (Å²) >= 11 is 0. The molecule has 0 aliphatic carbocycles. The van der Waals surface area contributed by atoms with E-state index in [-0.39, 0.29) is 23.3 Å². The maximum atomic E-state index is 12.3. The van der Waals surface area contributed by atoms with Crippen LogP contribution in [0.5, 0.6) is 23.0 Å². The average Bonchev–Trinajstić information content (AvgIpc) is 2.83. The van der Waals surface area contributed by atoms with Gasteiger partial charge in [0.25, 0.3) is 0 Å². The molecule has 0 aliphatic heterocycles. The normalized spacial score (nSPS) is 10.9. The first-order valence-electron chi connectivity index (χ1n) is 10.2. The van der Waals surface area contributed by atoms with Crippen molar-refractivity contribution in [3.63, 3.8) is 0 Å². The summed E-state index contributed by atoms with van der Waals surface area (Å²) in [5, 5.41) is 24.7. The number of carbonyl (C=O) groups excluding carboxylic acids is 2. The topological polar surface area (TPSA) is 117 Å². The minimum absolute atomic E-state index is 0.0144. The third-order valence-electron chi connectivity index (χ3n) is 4.66. The van der Waals surface area contributed by atoms with Crippen LogP contribution in [0.25, 0.3) is 12.2 Å². The Kier molecular flexibility index (Phi) is 7.91. The molecule has 174 valence electrons.